The van der Waals surface area contributed by atoms with Gasteiger partial charge in [-0.1, -0.05) is 24.8 Å². The van der Waals surface area contributed by atoms with Crippen molar-refractivity contribution in [2.45, 2.75) is 0 Å². The summed E-state index contributed by atoms with van der Waals surface area (Å²) in [4.78, 5) is 0. The Morgan fingerprint density at radius 3 is 2.86 bits per heavy atom. The zero-order chi connectivity index (χ0) is 10.1. The van der Waals surface area contributed by atoms with Crippen molar-refractivity contribution in [3.05, 3.63) is 36.5 Å². The van der Waals surface area contributed by atoms with E-state index in [-0.39, 0.29) is 0 Å². The SMILES string of the molecule is C=C(OC)c1nn(C)c2ccccc12. The summed E-state index contributed by atoms with van der Waals surface area (Å²) in [7, 11) is 3.51. The molecule has 0 fully saturated rings. The number of methoxy groups -OCH3 is 1. The summed E-state index contributed by atoms with van der Waals surface area (Å²) >= 11 is 0. The number of fused-ring (bicyclic) bond motifs is 1. The van der Waals surface area contributed by atoms with Gasteiger partial charge in [0.1, 0.15) is 11.5 Å². The Balaban J connectivity index is 2.72. The largest absolute Gasteiger partial charge is 0.495 e. The molecule has 0 bridgehead atoms. The lowest BCUT2D eigenvalue weighted by atomic mass is 10.2. The first-order valence-corrected chi connectivity index (χ1v) is 4.39. The molecule has 2 aromatic rings. The number of hydrogen-bond acceptors (Lipinski definition) is 2. The van der Waals surface area contributed by atoms with Gasteiger partial charge in [0, 0.05) is 12.4 Å². The minimum atomic E-state index is 0.599. The van der Waals surface area contributed by atoms with Gasteiger partial charge in [0.25, 0.3) is 0 Å². The van der Waals surface area contributed by atoms with Crippen LogP contribution in [0, 0.1) is 0 Å². The molecule has 0 aliphatic heterocycles. The average molecular weight is 188 g/mol. The zero-order valence-electron chi connectivity index (χ0n) is 8.32. The third-order valence-electron chi connectivity index (χ3n) is 2.27. The summed E-state index contributed by atoms with van der Waals surface area (Å²) in [5, 5.41) is 5.42. The lowest BCUT2D eigenvalue weighted by Gasteiger charge is -1.99. The summed E-state index contributed by atoms with van der Waals surface area (Å²) < 4.78 is 6.92. The molecule has 0 atom stereocenters. The highest BCUT2D eigenvalue weighted by Gasteiger charge is 2.10. The molecule has 0 amide bonds. The second-order valence-corrected chi connectivity index (χ2v) is 3.12. The van der Waals surface area contributed by atoms with Gasteiger partial charge in [0.2, 0.25) is 0 Å². The van der Waals surface area contributed by atoms with Crippen molar-refractivity contribution in [2.24, 2.45) is 7.05 Å². The van der Waals surface area contributed by atoms with E-state index in [9.17, 15) is 0 Å². The predicted octanol–water partition coefficient (Wildman–Crippen LogP) is 2.19. The van der Waals surface area contributed by atoms with Crippen LogP contribution in [-0.4, -0.2) is 16.9 Å². The molecule has 2 rings (SSSR count). The zero-order valence-corrected chi connectivity index (χ0v) is 8.32. The van der Waals surface area contributed by atoms with Gasteiger partial charge in [-0.05, 0) is 6.07 Å². The van der Waals surface area contributed by atoms with Crippen molar-refractivity contribution in [3.63, 3.8) is 0 Å². The van der Waals surface area contributed by atoms with Crippen LogP contribution in [0.3, 0.4) is 0 Å². The first kappa shape index (κ1) is 8.81. The second kappa shape index (κ2) is 3.18. The van der Waals surface area contributed by atoms with Crippen molar-refractivity contribution in [1.82, 2.24) is 9.78 Å². The first-order chi connectivity index (χ1) is 6.74. The lowest BCUT2D eigenvalue weighted by molar-refractivity contribution is 0.369. The number of aromatic nitrogens is 2. The van der Waals surface area contributed by atoms with Crippen LogP contribution in [0.25, 0.3) is 16.7 Å². The Morgan fingerprint density at radius 2 is 2.14 bits per heavy atom. The monoisotopic (exact) mass is 188 g/mol. The number of benzene rings is 1. The molecule has 1 aromatic carbocycles. The molecule has 0 N–H and O–H groups in total. The van der Waals surface area contributed by atoms with Crippen molar-refractivity contribution < 1.29 is 4.74 Å². The Hall–Kier alpha value is -1.77. The van der Waals surface area contributed by atoms with Crippen LogP contribution in [0.5, 0.6) is 0 Å². The second-order valence-electron chi connectivity index (χ2n) is 3.12. The van der Waals surface area contributed by atoms with Crippen molar-refractivity contribution in [3.8, 4) is 0 Å². The average Bonchev–Trinajstić information content (AvgIpc) is 2.56. The summed E-state index contributed by atoms with van der Waals surface area (Å²) in [6.45, 7) is 3.81. The normalized spacial score (nSPS) is 10.4. The fraction of sp³-hybridized carbons (Fsp3) is 0.182. The molecule has 0 radical (unpaired) electrons. The van der Waals surface area contributed by atoms with E-state index in [1.165, 1.54) is 0 Å². The molecule has 1 aromatic heterocycles. The topological polar surface area (TPSA) is 27.1 Å². The summed E-state index contributed by atoms with van der Waals surface area (Å²) in [6, 6.07) is 8.01. The molecule has 0 aliphatic carbocycles. The lowest BCUT2D eigenvalue weighted by Crippen LogP contribution is -1.91. The van der Waals surface area contributed by atoms with Crippen LogP contribution in [-0.2, 0) is 11.8 Å². The fourth-order valence-electron chi connectivity index (χ4n) is 1.52. The van der Waals surface area contributed by atoms with Gasteiger partial charge in [-0.25, -0.2) is 0 Å². The van der Waals surface area contributed by atoms with Crippen LogP contribution >= 0.6 is 0 Å². The maximum atomic E-state index is 5.09. The van der Waals surface area contributed by atoms with Crippen LogP contribution in [0.2, 0.25) is 0 Å². The van der Waals surface area contributed by atoms with E-state index in [4.69, 9.17) is 4.74 Å². The van der Waals surface area contributed by atoms with Gasteiger partial charge < -0.3 is 4.74 Å². The molecule has 3 nitrogen and oxygen atoms in total. The van der Waals surface area contributed by atoms with Gasteiger partial charge in [-0.3, -0.25) is 4.68 Å². The van der Waals surface area contributed by atoms with Crippen LogP contribution in [0.4, 0.5) is 0 Å². The maximum absolute atomic E-state index is 5.09. The maximum Gasteiger partial charge on any atom is 0.139 e. The van der Waals surface area contributed by atoms with E-state index in [2.05, 4.69) is 11.7 Å². The third kappa shape index (κ3) is 1.18. The number of ether oxygens (including phenoxy) is 1. The molecule has 1 heterocycles. The van der Waals surface area contributed by atoms with Gasteiger partial charge in [0.05, 0.1) is 12.6 Å². The summed E-state index contributed by atoms with van der Waals surface area (Å²) in [6.07, 6.45) is 0. The minimum Gasteiger partial charge on any atom is -0.495 e. The van der Waals surface area contributed by atoms with Crippen LogP contribution in [0.15, 0.2) is 30.8 Å². The van der Waals surface area contributed by atoms with Crippen molar-refractivity contribution in [2.75, 3.05) is 7.11 Å². The Labute approximate surface area is 82.6 Å². The predicted molar refractivity (Wildman–Crippen MR) is 56.8 cm³/mol. The highest BCUT2D eigenvalue weighted by molar-refractivity contribution is 5.88. The molecule has 14 heavy (non-hydrogen) atoms. The van der Waals surface area contributed by atoms with Gasteiger partial charge in [-0.2, -0.15) is 5.10 Å². The standard InChI is InChI=1S/C11H12N2O/c1-8(14-3)11-9-6-4-5-7-10(9)13(2)12-11/h4-7H,1H2,2-3H3. The van der Waals surface area contributed by atoms with Gasteiger partial charge in [0.15, 0.2) is 0 Å². The number of hydrogen-bond donors (Lipinski definition) is 0. The Morgan fingerprint density at radius 1 is 1.43 bits per heavy atom. The highest BCUT2D eigenvalue weighted by Crippen LogP contribution is 2.22. The molecule has 72 valence electrons. The van der Waals surface area contributed by atoms with Crippen molar-refractivity contribution in [1.29, 1.82) is 0 Å². The Kier molecular flexibility index (Phi) is 2.00. The summed E-state index contributed by atoms with van der Waals surface area (Å²) in [5.74, 6) is 0.599. The van der Waals surface area contributed by atoms with E-state index in [0.29, 0.717) is 5.76 Å². The number of para-hydroxylation sites is 1. The molecule has 3 heteroatoms. The highest BCUT2D eigenvalue weighted by atomic mass is 16.5. The van der Waals surface area contributed by atoms with Crippen molar-refractivity contribution >= 4 is 16.7 Å². The van der Waals surface area contributed by atoms with E-state index in [1.54, 1.807) is 7.11 Å². The fourth-order valence-corrected chi connectivity index (χ4v) is 1.52. The molecule has 0 aliphatic rings. The molecular formula is C11H12N2O. The molecule has 0 saturated heterocycles. The summed E-state index contributed by atoms with van der Waals surface area (Å²) in [5.41, 5.74) is 1.89. The first-order valence-electron chi connectivity index (χ1n) is 4.39. The number of nitrogens with zero attached hydrogens (tertiary/aromatic N) is 2. The van der Waals surface area contributed by atoms with E-state index in [1.807, 2.05) is 36.0 Å². The van der Waals surface area contributed by atoms with Crippen LogP contribution in [0.1, 0.15) is 5.69 Å². The smallest absolute Gasteiger partial charge is 0.139 e. The van der Waals surface area contributed by atoms with Gasteiger partial charge in [-0.15, -0.1) is 0 Å². The quantitative estimate of drug-likeness (QED) is 0.675. The van der Waals surface area contributed by atoms with E-state index in [0.717, 1.165) is 16.6 Å². The molecule has 0 spiro atoms. The van der Waals surface area contributed by atoms with E-state index >= 15 is 0 Å². The van der Waals surface area contributed by atoms with Crippen LogP contribution < -0.4 is 0 Å². The molecule has 0 unspecified atom stereocenters. The Bertz CT molecular complexity index is 485. The molecular weight excluding hydrogens is 176 g/mol. The molecule has 0 saturated carbocycles. The number of aryl methyl sites for hydroxylation is 1. The van der Waals surface area contributed by atoms with E-state index < -0.39 is 0 Å². The number of rotatable bonds is 2. The van der Waals surface area contributed by atoms with Gasteiger partial charge >= 0.3 is 0 Å². The minimum absolute atomic E-state index is 0.599. The third-order valence-corrected chi connectivity index (χ3v) is 2.27.